The first kappa shape index (κ1) is 12.7. The Morgan fingerprint density at radius 2 is 1.83 bits per heavy atom. The average molecular weight is 307 g/mol. The van der Waals surface area contributed by atoms with E-state index in [1.165, 1.54) is 19.5 Å². The second kappa shape index (κ2) is 5.73. The van der Waals surface area contributed by atoms with Crippen LogP contribution in [0.4, 0.5) is 0 Å². The standard InChI is InChI=1S/C13H11BrN2O2/c1-18-13-15-7-10(8-16-13)12(17)6-9-2-4-11(14)5-3-9/h2-5,7-8H,6H2,1H3. The maximum Gasteiger partial charge on any atom is 0.316 e. The van der Waals surface area contributed by atoms with Gasteiger partial charge in [0, 0.05) is 23.3 Å². The van der Waals surface area contributed by atoms with Crippen LogP contribution in [-0.4, -0.2) is 22.9 Å². The molecule has 0 aliphatic carbocycles. The van der Waals surface area contributed by atoms with E-state index in [1.807, 2.05) is 24.3 Å². The number of ether oxygens (including phenoxy) is 1. The number of aromatic nitrogens is 2. The van der Waals surface area contributed by atoms with Crippen molar-refractivity contribution in [3.63, 3.8) is 0 Å². The lowest BCUT2D eigenvalue weighted by molar-refractivity contribution is 0.0992. The molecule has 0 bridgehead atoms. The quantitative estimate of drug-likeness (QED) is 0.815. The lowest BCUT2D eigenvalue weighted by Gasteiger charge is -2.02. The van der Waals surface area contributed by atoms with Gasteiger partial charge >= 0.3 is 6.01 Å². The van der Waals surface area contributed by atoms with Crippen molar-refractivity contribution in [3.05, 3.63) is 52.3 Å². The van der Waals surface area contributed by atoms with Gasteiger partial charge in [0.25, 0.3) is 0 Å². The number of benzene rings is 1. The summed E-state index contributed by atoms with van der Waals surface area (Å²) < 4.78 is 5.83. The first-order chi connectivity index (χ1) is 8.69. The molecule has 4 nitrogen and oxygen atoms in total. The molecule has 2 aromatic rings. The van der Waals surface area contributed by atoms with E-state index in [2.05, 4.69) is 25.9 Å². The third-order valence-electron chi connectivity index (χ3n) is 2.41. The first-order valence-corrected chi connectivity index (χ1v) is 6.12. The van der Waals surface area contributed by atoms with Gasteiger partial charge in [0.15, 0.2) is 5.78 Å². The molecular formula is C13H11BrN2O2. The van der Waals surface area contributed by atoms with Gasteiger partial charge in [-0.2, -0.15) is 0 Å². The van der Waals surface area contributed by atoms with E-state index >= 15 is 0 Å². The number of methoxy groups -OCH3 is 1. The maximum atomic E-state index is 12.0. The second-order valence-electron chi connectivity index (χ2n) is 3.68. The number of rotatable bonds is 4. The van der Waals surface area contributed by atoms with Crippen molar-refractivity contribution in [2.75, 3.05) is 7.11 Å². The van der Waals surface area contributed by atoms with Crippen LogP contribution < -0.4 is 4.74 Å². The Kier molecular flexibility index (Phi) is 4.04. The van der Waals surface area contributed by atoms with Crippen LogP contribution in [0.15, 0.2) is 41.1 Å². The summed E-state index contributed by atoms with van der Waals surface area (Å²) in [6.45, 7) is 0. The minimum atomic E-state index is -0.0139. The molecule has 5 heteroatoms. The van der Waals surface area contributed by atoms with Crippen LogP contribution in [-0.2, 0) is 6.42 Å². The van der Waals surface area contributed by atoms with Crippen LogP contribution >= 0.6 is 15.9 Å². The fourth-order valence-corrected chi connectivity index (χ4v) is 1.72. The van der Waals surface area contributed by atoms with E-state index in [0.29, 0.717) is 12.0 Å². The molecule has 0 N–H and O–H groups in total. The summed E-state index contributed by atoms with van der Waals surface area (Å²) in [5, 5.41) is 0. The third kappa shape index (κ3) is 3.13. The van der Waals surface area contributed by atoms with Gasteiger partial charge in [0.2, 0.25) is 0 Å². The van der Waals surface area contributed by atoms with E-state index in [9.17, 15) is 4.79 Å². The molecule has 0 aliphatic heterocycles. The predicted octanol–water partition coefficient (Wildman–Crippen LogP) is 2.67. The number of hydrogen-bond donors (Lipinski definition) is 0. The van der Waals surface area contributed by atoms with Crippen molar-refractivity contribution in [2.45, 2.75) is 6.42 Å². The fourth-order valence-electron chi connectivity index (χ4n) is 1.46. The van der Waals surface area contributed by atoms with E-state index in [-0.39, 0.29) is 11.8 Å². The molecule has 18 heavy (non-hydrogen) atoms. The highest BCUT2D eigenvalue weighted by Gasteiger charge is 2.08. The Bertz CT molecular complexity index is 538. The zero-order valence-electron chi connectivity index (χ0n) is 9.76. The summed E-state index contributed by atoms with van der Waals surface area (Å²) in [7, 11) is 1.48. The van der Waals surface area contributed by atoms with Crippen molar-refractivity contribution in [1.82, 2.24) is 9.97 Å². The van der Waals surface area contributed by atoms with Crippen molar-refractivity contribution in [2.24, 2.45) is 0 Å². The number of Topliss-reactive ketones (excluding diaryl/α,β-unsaturated/α-hetero) is 1. The molecule has 1 aromatic carbocycles. The molecule has 0 atom stereocenters. The Balaban J connectivity index is 2.09. The number of carbonyl (C=O) groups excluding carboxylic acids is 1. The zero-order valence-corrected chi connectivity index (χ0v) is 11.3. The molecule has 0 saturated heterocycles. The third-order valence-corrected chi connectivity index (χ3v) is 2.94. The van der Waals surface area contributed by atoms with Crippen LogP contribution in [0.5, 0.6) is 6.01 Å². The van der Waals surface area contributed by atoms with Gasteiger partial charge in [-0.15, -0.1) is 0 Å². The normalized spacial score (nSPS) is 10.1. The van der Waals surface area contributed by atoms with Gasteiger partial charge in [0.05, 0.1) is 12.7 Å². The van der Waals surface area contributed by atoms with E-state index < -0.39 is 0 Å². The highest BCUT2D eigenvalue weighted by molar-refractivity contribution is 9.10. The van der Waals surface area contributed by atoms with Crippen LogP contribution in [0.3, 0.4) is 0 Å². The SMILES string of the molecule is COc1ncc(C(=O)Cc2ccc(Br)cc2)cn1. The smallest absolute Gasteiger partial charge is 0.316 e. The van der Waals surface area contributed by atoms with Gasteiger partial charge in [-0.05, 0) is 17.7 Å². The minimum absolute atomic E-state index is 0.0139. The molecule has 0 spiro atoms. The number of ketones is 1. The summed E-state index contributed by atoms with van der Waals surface area (Å²) >= 11 is 3.35. The van der Waals surface area contributed by atoms with Crippen LogP contribution in [0.25, 0.3) is 0 Å². The topological polar surface area (TPSA) is 52.1 Å². The molecule has 1 heterocycles. The van der Waals surface area contributed by atoms with Gasteiger partial charge in [0.1, 0.15) is 0 Å². The molecule has 92 valence electrons. The number of nitrogens with zero attached hydrogens (tertiary/aromatic N) is 2. The fraction of sp³-hybridized carbons (Fsp3) is 0.154. The average Bonchev–Trinajstić information content (AvgIpc) is 2.41. The highest BCUT2D eigenvalue weighted by Crippen LogP contribution is 2.13. The Labute approximate surface area is 113 Å². The maximum absolute atomic E-state index is 12.0. The lowest BCUT2D eigenvalue weighted by Crippen LogP contribution is -2.05. The van der Waals surface area contributed by atoms with Gasteiger partial charge in [-0.3, -0.25) is 4.79 Å². The molecular weight excluding hydrogens is 296 g/mol. The van der Waals surface area contributed by atoms with Crippen LogP contribution in [0.2, 0.25) is 0 Å². The van der Waals surface area contributed by atoms with E-state index in [1.54, 1.807) is 0 Å². The number of hydrogen-bond acceptors (Lipinski definition) is 4. The largest absolute Gasteiger partial charge is 0.467 e. The monoisotopic (exact) mass is 306 g/mol. The lowest BCUT2D eigenvalue weighted by atomic mass is 10.1. The summed E-state index contributed by atoms with van der Waals surface area (Å²) in [6, 6.07) is 7.90. The van der Waals surface area contributed by atoms with Crippen LogP contribution in [0.1, 0.15) is 15.9 Å². The van der Waals surface area contributed by atoms with Gasteiger partial charge < -0.3 is 4.74 Å². The molecule has 0 aliphatic rings. The number of halogens is 1. The van der Waals surface area contributed by atoms with E-state index in [4.69, 9.17) is 4.74 Å². The molecule has 0 fully saturated rings. The summed E-state index contributed by atoms with van der Waals surface area (Å²) in [5.41, 5.74) is 1.44. The summed E-state index contributed by atoms with van der Waals surface area (Å²) in [5.74, 6) is -0.0139. The predicted molar refractivity (Wildman–Crippen MR) is 70.8 cm³/mol. The highest BCUT2D eigenvalue weighted by atomic mass is 79.9. The van der Waals surface area contributed by atoms with Gasteiger partial charge in [-0.1, -0.05) is 28.1 Å². The Morgan fingerprint density at radius 3 is 2.39 bits per heavy atom. The number of carbonyl (C=O) groups is 1. The van der Waals surface area contributed by atoms with E-state index in [0.717, 1.165) is 10.0 Å². The van der Waals surface area contributed by atoms with Crippen molar-refractivity contribution < 1.29 is 9.53 Å². The summed E-state index contributed by atoms with van der Waals surface area (Å²) in [6.07, 6.45) is 3.29. The van der Waals surface area contributed by atoms with Crippen molar-refractivity contribution in [3.8, 4) is 6.01 Å². The first-order valence-electron chi connectivity index (χ1n) is 5.32. The summed E-state index contributed by atoms with van der Waals surface area (Å²) in [4.78, 5) is 19.8. The molecule has 0 radical (unpaired) electrons. The zero-order chi connectivity index (χ0) is 13.0. The molecule has 1 aromatic heterocycles. The van der Waals surface area contributed by atoms with Crippen molar-refractivity contribution in [1.29, 1.82) is 0 Å². The second-order valence-corrected chi connectivity index (χ2v) is 4.60. The Morgan fingerprint density at radius 1 is 1.22 bits per heavy atom. The minimum Gasteiger partial charge on any atom is -0.467 e. The Hall–Kier alpha value is -1.75. The molecule has 0 unspecified atom stereocenters. The van der Waals surface area contributed by atoms with Crippen LogP contribution in [0, 0.1) is 0 Å². The van der Waals surface area contributed by atoms with Gasteiger partial charge in [-0.25, -0.2) is 9.97 Å². The molecule has 0 saturated carbocycles. The molecule has 2 rings (SSSR count). The molecule has 0 amide bonds. The van der Waals surface area contributed by atoms with Crippen molar-refractivity contribution >= 4 is 21.7 Å².